The van der Waals surface area contributed by atoms with E-state index in [9.17, 15) is 43.5 Å². The molecule has 13 aromatic rings. The van der Waals surface area contributed by atoms with Gasteiger partial charge in [0.15, 0.2) is 5.82 Å². The molecule has 0 aliphatic heterocycles. The fourth-order valence-electron chi connectivity index (χ4n) is 16.9. The quantitative estimate of drug-likeness (QED) is 0.0239. The number of amides is 8. The van der Waals surface area contributed by atoms with Crippen LogP contribution in [0.2, 0.25) is 0 Å². The highest BCUT2D eigenvalue weighted by atomic mass is 16.3. The summed E-state index contributed by atoms with van der Waals surface area (Å²) < 4.78 is 6.74. The number of anilines is 4. The van der Waals surface area contributed by atoms with Crippen LogP contribution < -0.4 is 67.1 Å². The molecule has 684 valence electrons. The Kier molecular flexibility index (Phi) is 29.8. The number of hydrogen-bond donors (Lipinski definition) is 14. The molecule has 0 radical (unpaired) electrons. The Balaban J connectivity index is 0.000000150. The molecule has 3 aliphatic carbocycles. The van der Waals surface area contributed by atoms with Crippen molar-refractivity contribution >= 4 is 70.5 Å². The van der Waals surface area contributed by atoms with Crippen LogP contribution >= 0.6 is 0 Å². The number of H-pyrrole nitrogens is 1. The van der Waals surface area contributed by atoms with Crippen molar-refractivity contribution in [3.8, 4) is 45.0 Å². The van der Waals surface area contributed by atoms with Gasteiger partial charge < -0.3 is 72.2 Å². The van der Waals surface area contributed by atoms with Crippen molar-refractivity contribution in [3.05, 3.63) is 289 Å². The summed E-state index contributed by atoms with van der Waals surface area (Å²) in [6.45, 7) is 15.9. The summed E-state index contributed by atoms with van der Waals surface area (Å²) >= 11 is 0. The molecule has 33 heteroatoms. The van der Waals surface area contributed by atoms with E-state index < -0.39 is 29.2 Å². The van der Waals surface area contributed by atoms with Gasteiger partial charge in [0.1, 0.15) is 68.3 Å². The zero-order valence-corrected chi connectivity index (χ0v) is 75.2. The molecule has 8 amide bonds. The van der Waals surface area contributed by atoms with E-state index in [1.54, 1.807) is 26.2 Å². The molecule has 0 spiro atoms. The molecule has 0 bridgehead atoms. The summed E-state index contributed by atoms with van der Waals surface area (Å²) in [7, 11) is 0. The van der Waals surface area contributed by atoms with E-state index in [0.29, 0.717) is 125 Å². The lowest BCUT2D eigenvalue weighted by Gasteiger charge is -2.34. The lowest BCUT2D eigenvalue weighted by molar-refractivity contribution is 0.00876. The third-order valence-electron chi connectivity index (χ3n) is 24.7. The van der Waals surface area contributed by atoms with Crippen LogP contribution in [0.1, 0.15) is 249 Å². The van der Waals surface area contributed by atoms with Gasteiger partial charge in [-0.2, -0.15) is 25.6 Å². The van der Waals surface area contributed by atoms with Gasteiger partial charge in [-0.15, -0.1) is 10.2 Å². The number of carbonyl (C=O) groups excluding carboxylic acids is 8. The highest BCUT2D eigenvalue weighted by Crippen LogP contribution is 2.44. The molecule has 3 aliphatic rings. The SMILES string of the molecule is Cc1ccccc1C(=O)NCc1ccc(-c2nn(C3CCC(C)(C)CC3)c(N)c2C(N)=O)cc1.Cc1ccccc1C(=O)NCc1ccc(-c2nn(C3CCC(C)(O)CC3)c(N)c2C(N)=O)cc1.Cc1ccccc1C(=O)NCc1ccc(-c2nn(C3CCCC3)c(N)c2C(N)=O)cc1.Cc1ccccc1C(=O)NCc1ccc(-c2nn(CCc3nn[nH]n3)c(N)c2C(N)=O)cc1. The van der Waals surface area contributed by atoms with Gasteiger partial charge in [0, 0.05) is 77.1 Å². The van der Waals surface area contributed by atoms with Gasteiger partial charge in [0.05, 0.1) is 30.3 Å². The summed E-state index contributed by atoms with van der Waals surface area (Å²) in [5.74, 6) is -1.33. The molecular weight excluding hydrogens is 1670 g/mol. The number of aliphatic hydroxyl groups is 1. The van der Waals surface area contributed by atoms with Crippen LogP contribution in [0.4, 0.5) is 23.3 Å². The average molecular weight is 1780 g/mol. The van der Waals surface area contributed by atoms with Crippen LogP contribution in [0.3, 0.4) is 0 Å². The smallest absolute Gasteiger partial charge is 0.254 e. The Morgan fingerprint density at radius 3 is 0.932 bits per heavy atom. The first-order valence-corrected chi connectivity index (χ1v) is 44.1. The Morgan fingerprint density at radius 2 is 0.652 bits per heavy atom. The van der Waals surface area contributed by atoms with Crippen molar-refractivity contribution in [2.24, 2.45) is 28.3 Å². The fourth-order valence-corrected chi connectivity index (χ4v) is 16.9. The average Bonchev–Trinajstić information content (AvgIpc) is 1.64. The molecule has 0 unspecified atom stereocenters. The van der Waals surface area contributed by atoms with Crippen LogP contribution in [0.15, 0.2) is 194 Å². The van der Waals surface area contributed by atoms with Gasteiger partial charge in [-0.3, -0.25) is 38.4 Å². The molecule has 3 fully saturated rings. The Labute approximate surface area is 764 Å². The van der Waals surface area contributed by atoms with Gasteiger partial charge in [0.25, 0.3) is 47.3 Å². The minimum atomic E-state index is -0.682. The number of nitrogens with two attached hydrogens (primary N) is 8. The normalized spacial score (nSPS) is 15.2. The summed E-state index contributed by atoms with van der Waals surface area (Å²) in [6.07, 6.45) is 11.5. The Morgan fingerprint density at radius 1 is 0.379 bits per heavy atom. The standard InChI is InChI=1S/C27H33N5O2.C26H31N5O3.C24H27N5O2.C22H23N9O2/c1-17-6-4-5-7-21(17)26(34)30-16-18-8-10-19(11-9-18)23-22(25(29)33)24(28)32(31-23)20-12-14-27(2,3)15-13-20;1-16-5-3-4-6-20(16)25(33)29-15-17-7-9-18(10-8-17)22-21(24(28)32)23(27)31(30-22)19-11-13-26(2,34)14-12-19;1-15-6-2-5-9-19(15)24(31)27-14-16-10-12-17(13-11-16)21-20(23(26)30)22(25)29(28-21)18-7-3-4-8-18;1-13-4-2-3-5-16(13)22(33)25-12-14-6-8-15(9-7-14)19-18(21(24)32)20(23)31(28-19)11-10-17-26-29-30-27-17/h4-11,20H,12-16,28H2,1-3H3,(H2,29,33)(H,30,34);3-10,19,34H,11-15,27H2,1-2H3,(H2,28,32)(H,29,33);2,5-6,9-13,18H,3-4,7-8,14,25H2,1H3,(H2,26,30)(H,27,31);2-9H,10-12,23H2,1H3,(H2,24,32)(H,25,33)(H,26,27,29,30). The maximum atomic E-state index is 12.5. The predicted octanol–water partition coefficient (Wildman–Crippen LogP) is 12.8. The van der Waals surface area contributed by atoms with Gasteiger partial charge in [0.2, 0.25) is 0 Å². The van der Waals surface area contributed by atoms with E-state index in [4.69, 9.17) is 51.0 Å². The zero-order chi connectivity index (χ0) is 94.2. The Bertz CT molecular complexity index is 6130. The van der Waals surface area contributed by atoms with Crippen molar-refractivity contribution in [2.45, 2.75) is 188 Å². The van der Waals surface area contributed by atoms with Crippen LogP contribution in [-0.4, -0.2) is 118 Å². The predicted molar refractivity (Wildman–Crippen MR) is 507 cm³/mol. The molecule has 132 heavy (non-hydrogen) atoms. The molecule has 33 nitrogen and oxygen atoms in total. The highest BCUT2D eigenvalue weighted by molar-refractivity contribution is 6.06. The number of hydrogen-bond acceptors (Lipinski definition) is 20. The minimum Gasteiger partial charge on any atom is -0.390 e. The van der Waals surface area contributed by atoms with Crippen LogP contribution in [-0.2, 0) is 39.1 Å². The second-order valence-electron chi connectivity index (χ2n) is 34.9. The molecule has 3 saturated carbocycles. The maximum Gasteiger partial charge on any atom is 0.254 e. The number of nitrogen functional groups attached to an aromatic ring is 4. The lowest BCUT2D eigenvalue weighted by atomic mass is 9.75. The number of nitrogens with zero attached hydrogens (tertiary/aromatic N) is 11. The number of nitrogens with one attached hydrogen (secondary N) is 5. The largest absolute Gasteiger partial charge is 0.390 e. The van der Waals surface area contributed by atoms with Gasteiger partial charge >= 0.3 is 0 Å². The second kappa shape index (κ2) is 41.8. The zero-order valence-electron chi connectivity index (χ0n) is 75.2. The summed E-state index contributed by atoms with van der Waals surface area (Å²) in [4.78, 5) is 98.5. The van der Waals surface area contributed by atoms with Crippen molar-refractivity contribution < 1.29 is 43.5 Å². The molecule has 16 rings (SSSR count). The number of benzene rings is 8. The van der Waals surface area contributed by atoms with E-state index in [-0.39, 0.29) is 75.6 Å². The van der Waals surface area contributed by atoms with Crippen LogP contribution in [0, 0.1) is 33.1 Å². The number of tetrazole rings is 1. The first-order valence-electron chi connectivity index (χ1n) is 44.1. The summed E-state index contributed by atoms with van der Waals surface area (Å²) in [5, 5.41) is 54.3. The summed E-state index contributed by atoms with van der Waals surface area (Å²) in [5.41, 5.74) is 63.0. The van der Waals surface area contributed by atoms with Crippen molar-refractivity contribution in [3.63, 3.8) is 0 Å². The number of rotatable bonds is 26. The molecule has 22 N–H and O–H groups in total. The first kappa shape index (κ1) is 94.2. The van der Waals surface area contributed by atoms with Crippen molar-refractivity contribution in [2.75, 3.05) is 22.9 Å². The van der Waals surface area contributed by atoms with Gasteiger partial charge in [-0.05, 0) is 173 Å². The fraction of sp³-hybridized carbons (Fsp3) is 0.303. The number of aromatic nitrogens is 12. The molecule has 5 aromatic heterocycles. The van der Waals surface area contributed by atoms with E-state index in [1.165, 1.54) is 4.68 Å². The summed E-state index contributed by atoms with van der Waals surface area (Å²) in [6, 6.07) is 60.2. The van der Waals surface area contributed by atoms with E-state index in [0.717, 1.165) is 125 Å². The molecule has 5 heterocycles. The molecule has 0 saturated heterocycles. The maximum absolute atomic E-state index is 12.5. The van der Waals surface area contributed by atoms with E-state index in [1.807, 2.05) is 217 Å². The van der Waals surface area contributed by atoms with Gasteiger partial charge in [-0.25, -0.2) is 18.7 Å². The van der Waals surface area contributed by atoms with Crippen LogP contribution in [0.25, 0.3) is 45.0 Å². The highest BCUT2D eigenvalue weighted by Gasteiger charge is 2.36. The van der Waals surface area contributed by atoms with Crippen molar-refractivity contribution in [1.82, 2.24) is 81.0 Å². The monoisotopic (exact) mass is 1780 g/mol. The van der Waals surface area contributed by atoms with Crippen LogP contribution in [0.5, 0.6) is 0 Å². The van der Waals surface area contributed by atoms with E-state index >= 15 is 0 Å². The first-order chi connectivity index (χ1) is 63.2. The molecule has 0 atom stereocenters. The minimum absolute atomic E-state index is 0.00278. The van der Waals surface area contributed by atoms with E-state index in [2.05, 4.69) is 71.0 Å². The second-order valence-corrected chi connectivity index (χ2v) is 34.9. The Hall–Kier alpha value is -15.4. The number of carbonyl (C=O) groups is 8. The molecular formula is C99H114N24O9. The number of aromatic amines is 1. The lowest BCUT2D eigenvalue weighted by Crippen LogP contribution is -2.32. The number of primary amides is 4. The number of aryl methyl sites for hydroxylation is 6. The van der Waals surface area contributed by atoms with Crippen molar-refractivity contribution in [1.29, 1.82) is 0 Å². The van der Waals surface area contributed by atoms with Gasteiger partial charge in [-0.1, -0.05) is 202 Å². The topological polar surface area (TPSA) is 539 Å². The third kappa shape index (κ3) is 22.6. The molecule has 8 aromatic carbocycles. The third-order valence-corrected chi connectivity index (χ3v) is 24.7.